The zero-order valence-electron chi connectivity index (χ0n) is 38.2. The van der Waals surface area contributed by atoms with E-state index >= 15 is 0 Å². The summed E-state index contributed by atoms with van der Waals surface area (Å²) in [7, 11) is 0. The standard InChI is InChI=1S/C51H44N2O18S/c1-3-41(54)64-27-66-46(56)30-15-21-37(22-16-30)68-48(58)32-5-9-34(10-6-32)50(60)70-39-25-26-40(44-43(39)52-45(72-44)29-13-19-36(20-14-29)53(62)63)71-51(61)35-11-7-33(8-12-35)49(59)69-38-23-17-31(18-24-38)47(57)67-28-65-42(55)4-2/h3-4,13-26,32-35H,1-2,5-12,27-28H2. The minimum absolute atomic E-state index is 0.0889. The van der Waals surface area contributed by atoms with E-state index in [9.17, 15) is 48.5 Å². The molecule has 21 heteroatoms. The van der Waals surface area contributed by atoms with E-state index in [0.29, 0.717) is 66.6 Å². The number of nitro groups is 1. The average Bonchev–Trinajstić information content (AvgIpc) is 3.86. The number of hydrogen-bond acceptors (Lipinski definition) is 20. The van der Waals surface area contributed by atoms with Gasteiger partial charge in [0.05, 0.1) is 39.7 Å². The molecule has 2 fully saturated rings. The minimum Gasteiger partial charge on any atom is -0.426 e. The lowest BCUT2D eigenvalue weighted by Crippen LogP contribution is -2.30. The predicted molar refractivity (Wildman–Crippen MR) is 251 cm³/mol. The first kappa shape index (κ1) is 51.3. The first-order chi connectivity index (χ1) is 34.7. The molecule has 0 N–H and O–H groups in total. The Balaban J connectivity index is 0.944. The lowest BCUT2D eigenvalue weighted by molar-refractivity contribution is -0.384. The van der Waals surface area contributed by atoms with E-state index < -0.39 is 89.9 Å². The lowest BCUT2D eigenvalue weighted by Gasteiger charge is -2.26. The molecule has 1 aromatic heterocycles. The summed E-state index contributed by atoms with van der Waals surface area (Å²) in [6.45, 7) is 5.31. The number of carbonyl (C=O) groups is 8. The third-order valence-corrected chi connectivity index (χ3v) is 12.9. The van der Waals surface area contributed by atoms with Crippen LogP contribution in [0.3, 0.4) is 0 Å². The van der Waals surface area contributed by atoms with Gasteiger partial charge in [-0.15, -0.1) is 11.3 Å². The summed E-state index contributed by atoms with van der Waals surface area (Å²) in [5.41, 5.74) is 0.877. The fourth-order valence-electron chi connectivity index (χ4n) is 7.77. The molecule has 72 heavy (non-hydrogen) atoms. The van der Waals surface area contributed by atoms with Gasteiger partial charge in [0.2, 0.25) is 13.6 Å². The van der Waals surface area contributed by atoms with Crippen LogP contribution in [0.2, 0.25) is 0 Å². The zero-order valence-corrected chi connectivity index (χ0v) is 39.0. The van der Waals surface area contributed by atoms with Crippen LogP contribution in [0.15, 0.2) is 110 Å². The smallest absolute Gasteiger partial charge is 0.341 e. The van der Waals surface area contributed by atoms with Crippen molar-refractivity contribution in [1.82, 2.24) is 4.98 Å². The molecule has 4 aromatic carbocycles. The molecule has 20 nitrogen and oxygen atoms in total. The first-order valence-corrected chi connectivity index (χ1v) is 23.2. The van der Waals surface area contributed by atoms with Gasteiger partial charge in [-0.3, -0.25) is 29.3 Å². The van der Waals surface area contributed by atoms with E-state index in [1.54, 1.807) is 0 Å². The topological polar surface area (TPSA) is 266 Å². The van der Waals surface area contributed by atoms with Crippen LogP contribution in [0, 0.1) is 33.8 Å². The second-order valence-electron chi connectivity index (χ2n) is 16.3. The minimum atomic E-state index is -0.760. The molecule has 7 rings (SSSR count). The van der Waals surface area contributed by atoms with Crippen molar-refractivity contribution in [3.05, 3.63) is 131 Å². The molecule has 2 aliphatic rings. The van der Waals surface area contributed by atoms with Crippen molar-refractivity contribution < 1.29 is 81.2 Å². The number of ether oxygens (including phenoxy) is 8. The third kappa shape index (κ3) is 13.2. The maximum absolute atomic E-state index is 13.7. The Morgan fingerprint density at radius 3 is 1.33 bits per heavy atom. The second-order valence-corrected chi connectivity index (χ2v) is 17.3. The number of hydrogen-bond donors (Lipinski definition) is 0. The van der Waals surface area contributed by atoms with Gasteiger partial charge in [-0.05, 0) is 124 Å². The summed E-state index contributed by atoms with van der Waals surface area (Å²) in [6, 6.07) is 19.9. The molecule has 2 aliphatic carbocycles. The molecule has 0 radical (unpaired) electrons. The van der Waals surface area contributed by atoms with Gasteiger partial charge < -0.3 is 37.9 Å². The van der Waals surface area contributed by atoms with Gasteiger partial charge in [0.25, 0.3) is 5.69 Å². The van der Waals surface area contributed by atoms with Crippen molar-refractivity contribution in [3.63, 3.8) is 0 Å². The summed E-state index contributed by atoms with van der Waals surface area (Å²) in [4.78, 5) is 116. The third-order valence-electron chi connectivity index (χ3n) is 11.7. The summed E-state index contributed by atoms with van der Waals surface area (Å²) in [6.07, 6.45) is 4.44. The van der Waals surface area contributed by atoms with E-state index in [1.165, 1.54) is 84.9 Å². The average molecular weight is 1000 g/mol. The summed E-state index contributed by atoms with van der Waals surface area (Å²) >= 11 is 1.13. The predicted octanol–water partition coefficient (Wildman–Crippen LogP) is 8.19. The van der Waals surface area contributed by atoms with Gasteiger partial charge in [0.1, 0.15) is 26.7 Å². The Hall–Kier alpha value is -8.59. The summed E-state index contributed by atoms with van der Waals surface area (Å²) in [5, 5.41) is 11.7. The van der Waals surface area contributed by atoms with Gasteiger partial charge in [-0.2, -0.15) is 0 Å². The number of esters is 8. The van der Waals surface area contributed by atoms with Crippen LogP contribution < -0.4 is 18.9 Å². The lowest BCUT2D eigenvalue weighted by atomic mass is 9.82. The van der Waals surface area contributed by atoms with Gasteiger partial charge in [0, 0.05) is 29.8 Å². The van der Waals surface area contributed by atoms with Crippen molar-refractivity contribution in [2.45, 2.75) is 51.4 Å². The number of rotatable bonds is 18. The molecule has 0 unspecified atom stereocenters. The molecular formula is C51H44N2O18S. The molecule has 0 bridgehead atoms. The van der Waals surface area contributed by atoms with Crippen molar-refractivity contribution in [3.8, 4) is 33.6 Å². The highest BCUT2D eigenvalue weighted by Crippen LogP contribution is 2.43. The number of nitrogens with zero attached hydrogens (tertiary/aromatic N) is 2. The summed E-state index contributed by atoms with van der Waals surface area (Å²) < 4.78 is 42.4. The number of thiazole rings is 1. The number of aromatic nitrogens is 1. The highest BCUT2D eigenvalue weighted by molar-refractivity contribution is 7.22. The largest absolute Gasteiger partial charge is 0.426 e. The van der Waals surface area contributed by atoms with Gasteiger partial charge in [-0.25, -0.2) is 24.2 Å². The highest BCUT2D eigenvalue weighted by atomic mass is 32.1. The molecule has 0 saturated heterocycles. The Bertz CT molecular complexity index is 2730. The van der Waals surface area contributed by atoms with Crippen molar-refractivity contribution in [1.29, 1.82) is 0 Å². The van der Waals surface area contributed by atoms with Crippen LogP contribution in [0.1, 0.15) is 72.1 Å². The van der Waals surface area contributed by atoms with Crippen LogP contribution in [0.4, 0.5) is 5.69 Å². The molecule has 0 amide bonds. The van der Waals surface area contributed by atoms with Gasteiger partial charge in [0.15, 0.2) is 11.5 Å². The molecule has 0 atom stereocenters. The Labute approximate surface area is 413 Å². The van der Waals surface area contributed by atoms with E-state index in [2.05, 4.69) is 22.6 Å². The molecule has 0 spiro atoms. The Kier molecular flexibility index (Phi) is 17.0. The highest BCUT2D eigenvalue weighted by Gasteiger charge is 2.35. The number of benzene rings is 4. The normalized spacial score (nSPS) is 17.2. The number of nitro benzene ring substituents is 1. The monoisotopic (exact) mass is 1000 g/mol. The maximum Gasteiger partial charge on any atom is 0.341 e. The number of non-ortho nitro benzene ring substituents is 1. The Morgan fingerprint density at radius 1 is 0.542 bits per heavy atom. The molecule has 1 heterocycles. The maximum atomic E-state index is 13.7. The first-order valence-electron chi connectivity index (χ1n) is 22.4. The van der Waals surface area contributed by atoms with E-state index in [4.69, 9.17) is 33.4 Å². The van der Waals surface area contributed by atoms with E-state index in [0.717, 1.165) is 23.5 Å². The van der Waals surface area contributed by atoms with Crippen molar-refractivity contribution in [2.75, 3.05) is 13.6 Å². The molecule has 372 valence electrons. The van der Waals surface area contributed by atoms with Crippen molar-refractivity contribution in [2.24, 2.45) is 23.7 Å². The molecule has 0 aliphatic heterocycles. The Morgan fingerprint density at radius 2 is 0.931 bits per heavy atom. The molecule has 5 aromatic rings. The molecule has 2 saturated carbocycles. The summed E-state index contributed by atoms with van der Waals surface area (Å²) in [5.74, 6) is -6.68. The van der Waals surface area contributed by atoms with Crippen LogP contribution in [-0.4, -0.2) is 71.2 Å². The van der Waals surface area contributed by atoms with Gasteiger partial charge in [-0.1, -0.05) is 13.2 Å². The van der Waals surface area contributed by atoms with Crippen molar-refractivity contribution >= 4 is 75.0 Å². The van der Waals surface area contributed by atoms with E-state index in [-0.39, 0.29) is 45.3 Å². The van der Waals surface area contributed by atoms with Crippen LogP contribution in [-0.2, 0) is 47.7 Å². The second kappa shape index (κ2) is 23.8. The van der Waals surface area contributed by atoms with Crippen LogP contribution in [0.5, 0.6) is 23.0 Å². The zero-order chi connectivity index (χ0) is 51.3. The van der Waals surface area contributed by atoms with Crippen LogP contribution in [0.25, 0.3) is 20.8 Å². The fraction of sp³-hybridized carbons (Fsp3) is 0.275. The van der Waals surface area contributed by atoms with E-state index in [1.807, 2.05) is 0 Å². The fourth-order valence-corrected chi connectivity index (χ4v) is 8.81. The quantitative estimate of drug-likeness (QED) is 0.0200. The number of carbonyl (C=O) groups excluding carboxylic acids is 8. The number of fused-ring (bicyclic) bond motifs is 1. The van der Waals surface area contributed by atoms with Gasteiger partial charge >= 0.3 is 47.8 Å². The molecular weight excluding hydrogens is 961 g/mol. The SMILES string of the molecule is C=CC(=O)OCOC(=O)c1ccc(OC(=O)C2CCC(C(=O)Oc3ccc(OC(=O)C4CCC(C(=O)Oc5ccc(C(=O)OCOC(=O)C=C)cc5)CC4)c4sc(-c5ccc([N+](=O)[O-])cc5)nc34)CC2)cc1. The van der Waals surface area contributed by atoms with Crippen LogP contribution >= 0.6 is 11.3 Å².